The smallest absolute Gasteiger partial charge is 0.213 e. The monoisotopic (exact) mass is 338 g/mol. The van der Waals surface area contributed by atoms with Crippen molar-refractivity contribution in [3.8, 4) is 5.88 Å². The number of aromatic nitrogens is 2. The van der Waals surface area contributed by atoms with Gasteiger partial charge in [-0.25, -0.2) is 4.98 Å². The molecular weight excluding hydrogens is 312 g/mol. The maximum atomic E-state index is 5.88. The van der Waals surface area contributed by atoms with Gasteiger partial charge in [-0.05, 0) is 50.0 Å². The van der Waals surface area contributed by atoms with E-state index in [2.05, 4.69) is 26.9 Å². The van der Waals surface area contributed by atoms with Gasteiger partial charge in [0.05, 0.1) is 24.2 Å². The molecule has 4 heterocycles. The molecule has 5 heteroatoms. The molecule has 132 valence electrons. The van der Waals surface area contributed by atoms with E-state index in [0.29, 0.717) is 0 Å². The predicted molar refractivity (Wildman–Crippen MR) is 99.0 cm³/mol. The van der Waals surface area contributed by atoms with Gasteiger partial charge in [0, 0.05) is 38.3 Å². The highest BCUT2D eigenvalue weighted by Gasteiger charge is 2.18. The number of ether oxygens (including phenoxy) is 1. The molecule has 2 aliphatic rings. The van der Waals surface area contributed by atoms with E-state index in [9.17, 15) is 0 Å². The molecule has 0 aliphatic carbocycles. The Bertz CT molecular complexity index is 685. The Morgan fingerprint density at radius 1 is 1.08 bits per heavy atom. The SMILES string of the molecule is c1cncc(N2CCc3nc(OCCCN4CCCC4)ccc3C2)c1. The van der Waals surface area contributed by atoms with Gasteiger partial charge < -0.3 is 14.5 Å². The van der Waals surface area contributed by atoms with Crippen LogP contribution in [0.5, 0.6) is 5.88 Å². The third kappa shape index (κ3) is 4.10. The Hall–Kier alpha value is -2.14. The van der Waals surface area contributed by atoms with Crippen molar-refractivity contribution in [2.75, 3.05) is 37.7 Å². The van der Waals surface area contributed by atoms with E-state index >= 15 is 0 Å². The summed E-state index contributed by atoms with van der Waals surface area (Å²) in [6, 6.07) is 8.29. The lowest BCUT2D eigenvalue weighted by Crippen LogP contribution is -2.31. The van der Waals surface area contributed by atoms with Crippen molar-refractivity contribution in [2.24, 2.45) is 0 Å². The molecule has 4 rings (SSSR count). The van der Waals surface area contributed by atoms with Gasteiger partial charge in [0.15, 0.2) is 0 Å². The molecule has 25 heavy (non-hydrogen) atoms. The molecule has 0 amide bonds. The Morgan fingerprint density at radius 2 is 2.00 bits per heavy atom. The average molecular weight is 338 g/mol. The summed E-state index contributed by atoms with van der Waals surface area (Å²) in [5, 5.41) is 0. The van der Waals surface area contributed by atoms with Crippen molar-refractivity contribution in [2.45, 2.75) is 32.2 Å². The number of pyridine rings is 2. The molecule has 2 aromatic heterocycles. The molecule has 0 radical (unpaired) electrons. The van der Waals surface area contributed by atoms with Crippen molar-refractivity contribution in [1.29, 1.82) is 0 Å². The van der Waals surface area contributed by atoms with Crippen LogP contribution in [0.25, 0.3) is 0 Å². The number of hydrogen-bond donors (Lipinski definition) is 0. The first-order valence-electron chi connectivity index (χ1n) is 9.37. The topological polar surface area (TPSA) is 41.5 Å². The second kappa shape index (κ2) is 7.83. The van der Waals surface area contributed by atoms with Crippen LogP contribution in [-0.4, -0.2) is 47.7 Å². The summed E-state index contributed by atoms with van der Waals surface area (Å²) < 4.78 is 5.88. The Morgan fingerprint density at radius 3 is 2.84 bits per heavy atom. The van der Waals surface area contributed by atoms with Crippen LogP contribution in [0.2, 0.25) is 0 Å². The molecule has 0 N–H and O–H groups in total. The second-order valence-corrected chi connectivity index (χ2v) is 6.89. The molecule has 0 atom stereocenters. The molecule has 0 spiro atoms. The minimum atomic E-state index is 0.754. The van der Waals surface area contributed by atoms with E-state index in [1.54, 1.807) is 0 Å². The van der Waals surface area contributed by atoms with Crippen LogP contribution in [0.3, 0.4) is 0 Å². The van der Waals surface area contributed by atoms with E-state index in [0.717, 1.165) is 45.0 Å². The van der Waals surface area contributed by atoms with Gasteiger partial charge in [0.2, 0.25) is 5.88 Å². The lowest BCUT2D eigenvalue weighted by molar-refractivity contribution is 0.256. The molecular formula is C20H26N4O. The Kier molecular flexibility index (Phi) is 5.11. The zero-order valence-electron chi connectivity index (χ0n) is 14.7. The van der Waals surface area contributed by atoms with Crippen molar-refractivity contribution in [3.63, 3.8) is 0 Å². The summed E-state index contributed by atoms with van der Waals surface area (Å²) in [6.45, 7) is 6.28. The van der Waals surface area contributed by atoms with Gasteiger partial charge in [-0.15, -0.1) is 0 Å². The fourth-order valence-corrected chi connectivity index (χ4v) is 3.71. The van der Waals surface area contributed by atoms with Crippen LogP contribution in [0.15, 0.2) is 36.7 Å². The van der Waals surface area contributed by atoms with Crippen molar-refractivity contribution >= 4 is 5.69 Å². The zero-order valence-corrected chi connectivity index (χ0v) is 14.7. The van der Waals surface area contributed by atoms with Crippen LogP contribution in [0.4, 0.5) is 5.69 Å². The van der Waals surface area contributed by atoms with Crippen LogP contribution in [0, 0.1) is 0 Å². The van der Waals surface area contributed by atoms with Gasteiger partial charge in [-0.2, -0.15) is 0 Å². The molecule has 2 aliphatic heterocycles. The molecule has 0 unspecified atom stereocenters. The Balaban J connectivity index is 1.30. The summed E-state index contributed by atoms with van der Waals surface area (Å²) in [7, 11) is 0. The average Bonchev–Trinajstić information content (AvgIpc) is 3.19. The number of fused-ring (bicyclic) bond motifs is 1. The molecule has 0 saturated carbocycles. The van der Waals surface area contributed by atoms with E-state index in [1.807, 2.05) is 24.5 Å². The number of hydrogen-bond acceptors (Lipinski definition) is 5. The van der Waals surface area contributed by atoms with Gasteiger partial charge in [-0.3, -0.25) is 4.98 Å². The van der Waals surface area contributed by atoms with Crippen molar-refractivity contribution in [1.82, 2.24) is 14.9 Å². The lowest BCUT2D eigenvalue weighted by Gasteiger charge is -2.30. The second-order valence-electron chi connectivity index (χ2n) is 6.89. The minimum absolute atomic E-state index is 0.754. The van der Waals surface area contributed by atoms with Gasteiger partial charge in [0.25, 0.3) is 0 Å². The summed E-state index contributed by atoms with van der Waals surface area (Å²) in [4.78, 5) is 13.8. The molecule has 5 nitrogen and oxygen atoms in total. The van der Waals surface area contributed by atoms with Crippen LogP contribution in [-0.2, 0) is 13.0 Å². The summed E-state index contributed by atoms with van der Waals surface area (Å²) in [5.41, 5.74) is 3.65. The summed E-state index contributed by atoms with van der Waals surface area (Å²) >= 11 is 0. The fraction of sp³-hybridized carbons (Fsp3) is 0.500. The largest absolute Gasteiger partial charge is 0.478 e. The predicted octanol–water partition coefficient (Wildman–Crippen LogP) is 2.90. The van der Waals surface area contributed by atoms with E-state index < -0.39 is 0 Å². The van der Waals surface area contributed by atoms with Crippen molar-refractivity contribution < 1.29 is 4.74 Å². The molecule has 1 saturated heterocycles. The minimum Gasteiger partial charge on any atom is -0.478 e. The van der Waals surface area contributed by atoms with Gasteiger partial charge in [-0.1, -0.05) is 6.07 Å². The molecule has 0 bridgehead atoms. The first kappa shape index (κ1) is 16.3. The number of anilines is 1. The normalized spacial score (nSPS) is 17.5. The molecule has 0 aromatic carbocycles. The van der Waals surface area contributed by atoms with Crippen LogP contribution >= 0.6 is 0 Å². The lowest BCUT2D eigenvalue weighted by atomic mass is 10.1. The maximum Gasteiger partial charge on any atom is 0.213 e. The maximum absolute atomic E-state index is 5.88. The highest BCUT2D eigenvalue weighted by atomic mass is 16.5. The third-order valence-corrected chi connectivity index (χ3v) is 5.10. The quantitative estimate of drug-likeness (QED) is 0.758. The van der Waals surface area contributed by atoms with E-state index in [-0.39, 0.29) is 0 Å². The van der Waals surface area contributed by atoms with E-state index in [1.165, 1.54) is 42.9 Å². The highest BCUT2D eigenvalue weighted by molar-refractivity contribution is 5.47. The standard InChI is InChI=1S/C20H26N4O/c1-2-11-23(10-1)12-4-14-25-20-7-6-17-16-24(13-8-19(17)22-20)18-5-3-9-21-15-18/h3,5-7,9,15H,1-2,4,8,10-14,16H2. The summed E-state index contributed by atoms with van der Waals surface area (Å²) in [6.07, 6.45) is 8.47. The fourth-order valence-electron chi connectivity index (χ4n) is 3.71. The van der Waals surface area contributed by atoms with Crippen molar-refractivity contribution in [3.05, 3.63) is 47.9 Å². The molecule has 1 fully saturated rings. The van der Waals surface area contributed by atoms with Crippen LogP contribution < -0.4 is 9.64 Å². The number of likely N-dealkylation sites (tertiary alicyclic amines) is 1. The zero-order chi connectivity index (χ0) is 16.9. The van der Waals surface area contributed by atoms with Gasteiger partial charge >= 0.3 is 0 Å². The first-order chi connectivity index (χ1) is 12.4. The number of rotatable bonds is 6. The first-order valence-corrected chi connectivity index (χ1v) is 9.37. The summed E-state index contributed by atoms with van der Waals surface area (Å²) in [5.74, 6) is 0.773. The van der Waals surface area contributed by atoms with Crippen LogP contribution in [0.1, 0.15) is 30.5 Å². The number of nitrogens with zero attached hydrogens (tertiary/aromatic N) is 4. The highest BCUT2D eigenvalue weighted by Crippen LogP contribution is 2.24. The van der Waals surface area contributed by atoms with E-state index in [4.69, 9.17) is 9.72 Å². The van der Waals surface area contributed by atoms with Gasteiger partial charge in [0.1, 0.15) is 0 Å². The third-order valence-electron chi connectivity index (χ3n) is 5.10. The Labute approximate surface area is 149 Å². The molecule has 2 aromatic rings.